The van der Waals surface area contributed by atoms with E-state index in [1.165, 1.54) is 24.3 Å². The molecule has 1 atom stereocenters. The minimum absolute atomic E-state index is 0.133. The van der Waals surface area contributed by atoms with Crippen LogP contribution in [0.5, 0.6) is 0 Å². The third-order valence-corrected chi connectivity index (χ3v) is 2.82. The van der Waals surface area contributed by atoms with Gasteiger partial charge >= 0.3 is 0 Å². The van der Waals surface area contributed by atoms with Gasteiger partial charge in [0.15, 0.2) is 9.90 Å². The van der Waals surface area contributed by atoms with Crippen LogP contribution in [0.2, 0.25) is 0 Å². The molecule has 0 aliphatic heterocycles. The molecule has 1 aromatic carbocycles. The second kappa shape index (κ2) is 4.01. The van der Waals surface area contributed by atoms with Crippen LogP contribution in [0.1, 0.15) is 5.56 Å². The van der Waals surface area contributed by atoms with Crippen LogP contribution in [-0.2, 0) is 5.06 Å². The summed E-state index contributed by atoms with van der Waals surface area (Å²) in [5, 5.41) is 7.42. The molecular weight excluding hydrogens is 237 g/mol. The molecule has 0 saturated carbocycles. The van der Waals surface area contributed by atoms with Gasteiger partial charge in [0.2, 0.25) is 0 Å². The van der Waals surface area contributed by atoms with Gasteiger partial charge in [-0.3, -0.25) is 0 Å². The zero-order valence-corrected chi connectivity index (χ0v) is 8.61. The molecule has 5 heteroatoms. The Kier molecular flexibility index (Phi) is 3.41. The second-order valence-corrected chi connectivity index (χ2v) is 4.13. The van der Waals surface area contributed by atoms with Crippen LogP contribution in [0.3, 0.4) is 0 Å². The van der Waals surface area contributed by atoms with Gasteiger partial charge in [0.25, 0.3) is 0 Å². The first-order valence-electron chi connectivity index (χ1n) is 3.40. The summed E-state index contributed by atoms with van der Waals surface area (Å²) in [6.07, 6.45) is 0. The highest BCUT2D eigenvalue weighted by molar-refractivity contribution is 6.49. The molecular formula is C8H6Cl3FO. The molecule has 1 rings (SSSR count). The Balaban J connectivity index is 3.14. The molecule has 1 aromatic rings. The van der Waals surface area contributed by atoms with Crippen LogP contribution < -0.4 is 0 Å². The lowest BCUT2D eigenvalue weighted by Gasteiger charge is -2.22. The summed E-state index contributed by atoms with van der Waals surface area (Å²) in [6.45, 7) is 0. The second-order valence-electron chi connectivity index (χ2n) is 2.45. The normalized spacial score (nSPS) is 15.8. The number of benzene rings is 1. The topological polar surface area (TPSA) is 20.2 Å². The predicted molar refractivity (Wildman–Crippen MR) is 51.6 cm³/mol. The van der Waals surface area contributed by atoms with Crippen molar-refractivity contribution in [1.82, 2.24) is 0 Å². The summed E-state index contributed by atoms with van der Waals surface area (Å²) in [5.74, 6) is -0.647. The summed E-state index contributed by atoms with van der Waals surface area (Å²) in [4.78, 5) is -1.30. The lowest BCUT2D eigenvalue weighted by molar-refractivity contribution is 0.139. The van der Waals surface area contributed by atoms with Gasteiger partial charge in [-0.2, -0.15) is 0 Å². The van der Waals surface area contributed by atoms with E-state index in [9.17, 15) is 9.50 Å². The maximum Gasteiger partial charge on any atom is 0.197 e. The summed E-state index contributed by atoms with van der Waals surface area (Å²) in [7, 11) is 0. The molecule has 1 N–H and O–H groups in total. The SMILES string of the molecule is OC(Cl)(c1ccccc1F)C(Cl)Cl. The fourth-order valence-corrected chi connectivity index (χ4v) is 1.25. The van der Waals surface area contributed by atoms with Gasteiger partial charge in [0.1, 0.15) is 5.82 Å². The Bertz CT molecular complexity index is 301. The quantitative estimate of drug-likeness (QED) is 0.792. The highest BCUT2D eigenvalue weighted by atomic mass is 35.5. The average Bonchev–Trinajstić information content (AvgIpc) is 2.04. The largest absolute Gasteiger partial charge is 0.369 e. The molecule has 0 aliphatic carbocycles. The van der Waals surface area contributed by atoms with E-state index in [2.05, 4.69) is 0 Å². The number of rotatable bonds is 2. The lowest BCUT2D eigenvalue weighted by Crippen LogP contribution is -2.27. The van der Waals surface area contributed by atoms with Crippen molar-refractivity contribution in [1.29, 1.82) is 0 Å². The van der Waals surface area contributed by atoms with Gasteiger partial charge in [-0.15, -0.1) is 23.2 Å². The van der Waals surface area contributed by atoms with E-state index in [4.69, 9.17) is 34.8 Å². The zero-order chi connectivity index (χ0) is 10.1. The zero-order valence-electron chi connectivity index (χ0n) is 6.35. The van der Waals surface area contributed by atoms with Crippen molar-refractivity contribution in [3.05, 3.63) is 35.6 Å². The Morgan fingerprint density at radius 1 is 1.31 bits per heavy atom. The van der Waals surface area contributed by atoms with Crippen LogP contribution >= 0.6 is 34.8 Å². The van der Waals surface area contributed by atoms with E-state index in [1.807, 2.05) is 0 Å². The summed E-state index contributed by atoms with van der Waals surface area (Å²) in [5.41, 5.74) is -0.133. The molecule has 0 fully saturated rings. The molecule has 72 valence electrons. The standard InChI is InChI=1S/C8H6Cl3FO/c9-7(10)8(11,13)5-3-1-2-4-6(5)12/h1-4,7,13H. The first kappa shape index (κ1) is 11.1. The van der Waals surface area contributed by atoms with Crippen LogP contribution in [0.15, 0.2) is 24.3 Å². The number of aliphatic hydroxyl groups is 1. The fourth-order valence-electron chi connectivity index (χ4n) is 0.863. The van der Waals surface area contributed by atoms with Crippen molar-refractivity contribution in [3.8, 4) is 0 Å². The van der Waals surface area contributed by atoms with E-state index in [0.717, 1.165) is 0 Å². The molecule has 0 bridgehead atoms. The van der Waals surface area contributed by atoms with E-state index in [-0.39, 0.29) is 5.56 Å². The molecule has 0 spiro atoms. The van der Waals surface area contributed by atoms with Gasteiger partial charge < -0.3 is 5.11 Å². The summed E-state index contributed by atoms with van der Waals surface area (Å²) < 4.78 is 13.1. The molecule has 0 aromatic heterocycles. The van der Waals surface area contributed by atoms with Gasteiger partial charge in [-0.1, -0.05) is 29.8 Å². The number of halogens is 4. The summed E-state index contributed by atoms with van der Waals surface area (Å²) in [6, 6.07) is 5.49. The smallest absolute Gasteiger partial charge is 0.197 e. The first-order valence-corrected chi connectivity index (χ1v) is 4.65. The highest BCUT2D eigenvalue weighted by Crippen LogP contribution is 2.36. The van der Waals surface area contributed by atoms with Crippen molar-refractivity contribution in [2.24, 2.45) is 0 Å². The maximum atomic E-state index is 13.1. The molecule has 0 amide bonds. The maximum absolute atomic E-state index is 13.1. The summed E-state index contributed by atoms with van der Waals surface area (Å²) >= 11 is 16.3. The van der Waals surface area contributed by atoms with Gasteiger partial charge in [-0.05, 0) is 6.07 Å². The number of alkyl halides is 3. The van der Waals surface area contributed by atoms with Crippen molar-refractivity contribution in [2.45, 2.75) is 9.90 Å². The lowest BCUT2D eigenvalue weighted by atomic mass is 10.1. The Morgan fingerprint density at radius 2 is 1.85 bits per heavy atom. The molecule has 0 heterocycles. The molecule has 1 unspecified atom stereocenters. The van der Waals surface area contributed by atoms with Crippen LogP contribution in [0, 0.1) is 5.82 Å². The van der Waals surface area contributed by atoms with Crippen molar-refractivity contribution < 1.29 is 9.50 Å². The molecule has 0 radical (unpaired) electrons. The molecule has 1 nitrogen and oxygen atoms in total. The average molecular weight is 243 g/mol. The fraction of sp³-hybridized carbons (Fsp3) is 0.250. The predicted octanol–water partition coefficient (Wildman–Crippen LogP) is 3.01. The van der Waals surface area contributed by atoms with E-state index in [0.29, 0.717) is 0 Å². The molecule has 0 saturated heterocycles. The van der Waals surface area contributed by atoms with Gasteiger partial charge in [0.05, 0.1) is 0 Å². The van der Waals surface area contributed by atoms with Gasteiger partial charge in [0, 0.05) is 5.56 Å². The number of hydrogen-bond acceptors (Lipinski definition) is 1. The van der Waals surface area contributed by atoms with Crippen molar-refractivity contribution in [2.75, 3.05) is 0 Å². The van der Waals surface area contributed by atoms with Crippen molar-refractivity contribution >= 4 is 34.8 Å². The first-order chi connectivity index (χ1) is 5.96. The van der Waals surface area contributed by atoms with Crippen LogP contribution in [0.4, 0.5) is 4.39 Å². The van der Waals surface area contributed by atoms with E-state index < -0.39 is 15.7 Å². The van der Waals surface area contributed by atoms with E-state index >= 15 is 0 Å². The molecule has 0 aliphatic rings. The third kappa shape index (κ3) is 2.26. The third-order valence-electron chi connectivity index (χ3n) is 1.54. The van der Waals surface area contributed by atoms with Crippen LogP contribution in [-0.4, -0.2) is 9.94 Å². The molecule has 13 heavy (non-hydrogen) atoms. The minimum atomic E-state index is -2.09. The minimum Gasteiger partial charge on any atom is -0.369 e. The van der Waals surface area contributed by atoms with Crippen molar-refractivity contribution in [3.63, 3.8) is 0 Å². The monoisotopic (exact) mass is 242 g/mol. The highest BCUT2D eigenvalue weighted by Gasteiger charge is 2.36. The van der Waals surface area contributed by atoms with Crippen LogP contribution in [0.25, 0.3) is 0 Å². The Hall–Kier alpha value is -0.0200. The Labute approximate surface area is 90.0 Å². The van der Waals surface area contributed by atoms with E-state index in [1.54, 1.807) is 0 Å². The Morgan fingerprint density at radius 3 is 2.31 bits per heavy atom. The van der Waals surface area contributed by atoms with Gasteiger partial charge in [-0.25, -0.2) is 4.39 Å². The number of hydrogen-bond donors (Lipinski definition) is 1.